The number of aromatic amines is 1. The zero-order valence-electron chi connectivity index (χ0n) is 10.1. The molecule has 3 aromatic heterocycles. The van der Waals surface area contributed by atoms with Crippen molar-refractivity contribution in [1.82, 2.24) is 19.6 Å². The number of hydrogen-bond donors (Lipinski definition) is 1. The number of aromatic nitrogens is 4. The summed E-state index contributed by atoms with van der Waals surface area (Å²) in [7, 11) is 0. The number of rotatable bonds is 1. The third kappa shape index (κ3) is 1.77. The number of fused-ring (bicyclic) bond motifs is 1. The Morgan fingerprint density at radius 1 is 1.37 bits per heavy atom. The second kappa shape index (κ2) is 4.07. The lowest BCUT2D eigenvalue weighted by molar-refractivity contribution is 1.09. The van der Waals surface area contributed by atoms with Crippen LogP contribution in [-0.4, -0.2) is 19.6 Å². The summed E-state index contributed by atoms with van der Waals surface area (Å²) < 4.78 is 1.68. The molecule has 6 nitrogen and oxygen atoms in total. The Bertz CT molecular complexity index is 869. The van der Waals surface area contributed by atoms with Crippen molar-refractivity contribution in [2.45, 2.75) is 6.92 Å². The second-order valence-corrected chi connectivity index (χ2v) is 4.17. The van der Waals surface area contributed by atoms with Gasteiger partial charge in [0, 0.05) is 30.2 Å². The van der Waals surface area contributed by atoms with Crippen molar-refractivity contribution in [1.29, 1.82) is 5.26 Å². The van der Waals surface area contributed by atoms with E-state index in [1.54, 1.807) is 28.9 Å². The van der Waals surface area contributed by atoms with E-state index in [-0.39, 0.29) is 5.43 Å². The van der Waals surface area contributed by atoms with Crippen LogP contribution in [0.4, 0.5) is 0 Å². The van der Waals surface area contributed by atoms with E-state index in [4.69, 9.17) is 5.26 Å². The molecule has 92 valence electrons. The van der Waals surface area contributed by atoms with Crippen LogP contribution in [-0.2, 0) is 0 Å². The van der Waals surface area contributed by atoms with Gasteiger partial charge in [-0.3, -0.25) is 9.20 Å². The highest BCUT2D eigenvalue weighted by atomic mass is 16.1. The predicted octanol–water partition coefficient (Wildman–Crippen LogP) is 1.26. The fraction of sp³-hybridized carbons (Fsp3) is 0.0769. The van der Waals surface area contributed by atoms with E-state index in [1.807, 2.05) is 13.0 Å². The summed E-state index contributed by atoms with van der Waals surface area (Å²) in [6, 6.07) is 6.83. The Morgan fingerprint density at radius 3 is 2.95 bits per heavy atom. The van der Waals surface area contributed by atoms with Crippen LogP contribution in [0, 0.1) is 18.3 Å². The van der Waals surface area contributed by atoms with E-state index in [9.17, 15) is 4.79 Å². The zero-order valence-corrected chi connectivity index (χ0v) is 10.1. The minimum absolute atomic E-state index is 0.116. The summed E-state index contributed by atoms with van der Waals surface area (Å²) in [5.41, 5.74) is 2.16. The van der Waals surface area contributed by atoms with E-state index >= 15 is 0 Å². The van der Waals surface area contributed by atoms with E-state index in [2.05, 4.69) is 15.2 Å². The van der Waals surface area contributed by atoms with Gasteiger partial charge in [-0.1, -0.05) is 0 Å². The highest BCUT2D eigenvalue weighted by Crippen LogP contribution is 2.15. The summed E-state index contributed by atoms with van der Waals surface area (Å²) in [5.74, 6) is 0.459. The first-order chi connectivity index (χ1) is 9.19. The molecule has 0 fully saturated rings. The monoisotopic (exact) mass is 251 g/mol. The third-order valence-electron chi connectivity index (χ3n) is 2.84. The molecule has 0 atom stereocenters. The third-order valence-corrected chi connectivity index (χ3v) is 2.84. The van der Waals surface area contributed by atoms with Crippen LogP contribution in [0.3, 0.4) is 0 Å². The quantitative estimate of drug-likeness (QED) is 0.705. The number of hydrogen-bond acceptors (Lipinski definition) is 4. The van der Waals surface area contributed by atoms with Gasteiger partial charge >= 0.3 is 0 Å². The van der Waals surface area contributed by atoms with Gasteiger partial charge in [0.2, 0.25) is 0 Å². The topological polar surface area (TPSA) is 86.8 Å². The van der Waals surface area contributed by atoms with Gasteiger partial charge in [0.15, 0.2) is 16.9 Å². The second-order valence-electron chi connectivity index (χ2n) is 4.17. The molecule has 0 saturated carbocycles. The number of nitriles is 1. The molecule has 0 aromatic carbocycles. The maximum absolute atomic E-state index is 12.0. The first-order valence-electron chi connectivity index (χ1n) is 5.63. The Balaban J connectivity index is 2.26. The van der Waals surface area contributed by atoms with Crippen molar-refractivity contribution < 1.29 is 0 Å². The van der Waals surface area contributed by atoms with Gasteiger partial charge in [-0.05, 0) is 13.0 Å². The van der Waals surface area contributed by atoms with Crippen LogP contribution in [0.15, 0.2) is 35.4 Å². The Hall–Kier alpha value is -2.94. The fourth-order valence-electron chi connectivity index (χ4n) is 1.89. The largest absolute Gasteiger partial charge is 0.364 e. The molecule has 0 aliphatic carbocycles. The first-order valence-corrected chi connectivity index (χ1v) is 5.63. The number of nitrogens with zero attached hydrogens (tertiary/aromatic N) is 4. The molecule has 3 rings (SSSR count). The lowest BCUT2D eigenvalue weighted by Gasteiger charge is -2.00. The summed E-state index contributed by atoms with van der Waals surface area (Å²) in [6.07, 6.45) is 3.30. The van der Waals surface area contributed by atoms with Crippen LogP contribution >= 0.6 is 0 Å². The maximum atomic E-state index is 12.0. The van der Waals surface area contributed by atoms with Gasteiger partial charge in [-0.25, -0.2) is 0 Å². The molecule has 0 bridgehead atoms. The molecule has 3 aromatic rings. The van der Waals surface area contributed by atoms with Crippen molar-refractivity contribution in [2.24, 2.45) is 0 Å². The lowest BCUT2D eigenvalue weighted by atomic mass is 10.2. The van der Waals surface area contributed by atoms with E-state index < -0.39 is 0 Å². The van der Waals surface area contributed by atoms with Gasteiger partial charge < -0.3 is 4.98 Å². The zero-order chi connectivity index (χ0) is 13.4. The summed E-state index contributed by atoms with van der Waals surface area (Å²) >= 11 is 0. The first kappa shape index (κ1) is 11.2. The molecule has 19 heavy (non-hydrogen) atoms. The predicted molar refractivity (Wildman–Crippen MR) is 68.5 cm³/mol. The molecule has 0 unspecified atom stereocenters. The highest BCUT2D eigenvalue weighted by Gasteiger charge is 2.11. The molecule has 0 aliphatic heterocycles. The molecule has 0 spiro atoms. The number of aryl methyl sites for hydroxylation is 1. The van der Waals surface area contributed by atoms with Crippen molar-refractivity contribution >= 4 is 5.65 Å². The van der Waals surface area contributed by atoms with E-state index in [1.165, 1.54) is 6.07 Å². The van der Waals surface area contributed by atoms with Crippen LogP contribution in [0.25, 0.3) is 17.0 Å². The molecular formula is C13H9N5O. The van der Waals surface area contributed by atoms with E-state index in [0.717, 1.165) is 5.69 Å². The molecule has 0 radical (unpaired) electrons. The van der Waals surface area contributed by atoms with E-state index in [0.29, 0.717) is 22.6 Å². The number of nitrogens with one attached hydrogen (secondary N) is 1. The standard InChI is InChI=1S/C13H9N5O/c1-8-4-11(19)10(7-15-8)13-17-16-12-5-9(6-14)2-3-18(12)13/h2-5,7H,1H3,(H,15,19). The van der Waals surface area contributed by atoms with Crippen LogP contribution < -0.4 is 5.43 Å². The smallest absolute Gasteiger partial charge is 0.192 e. The highest BCUT2D eigenvalue weighted by molar-refractivity contribution is 5.59. The number of pyridine rings is 2. The maximum Gasteiger partial charge on any atom is 0.192 e. The van der Waals surface area contributed by atoms with Crippen LogP contribution in [0.2, 0.25) is 0 Å². The number of H-pyrrole nitrogens is 1. The van der Waals surface area contributed by atoms with Gasteiger partial charge in [0.1, 0.15) is 0 Å². The normalized spacial score (nSPS) is 10.5. The van der Waals surface area contributed by atoms with Crippen LogP contribution in [0.1, 0.15) is 11.3 Å². The molecule has 1 N–H and O–H groups in total. The van der Waals surface area contributed by atoms with Gasteiger partial charge in [0.05, 0.1) is 17.2 Å². The van der Waals surface area contributed by atoms with Gasteiger partial charge in [0.25, 0.3) is 0 Å². The lowest BCUT2D eigenvalue weighted by Crippen LogP contribution is -2.07. The Morgan fingerprint density at radius 2 is 2.21 bits per heavy atom. The molecule has 0 amide bonds. The summed E-state index contributed by atoms with van der Waals surface area (Å²) in [6.45, 7) is 1.81. The average molecular weight is 251 g/mol. The average Bonchev–Trinajstić information content (AvgIpc) is 2.81. The molecule has 0 saturated heterocycles. The molecular weight excluding hydrogens is 242 g/mol. The minimum Gasteiger partial charge on any atom is -0.364 e. The Kier molecular flexibility index (Phi) is 2.39. The van der Waals surface area contributed by atoms with Gasteiger partial charge in [-0.2, -0.15) is 5.26 Å². The van der Waals surface area contributed by atoms with Crippen molar-refractivity contribution in [2.75, 3.05) is 0 Å². The van der Waals surface area contributed by atoms with Gasteiger partial charge in [-0.15, -0.1) is 10.2 Å². The molecule has 3 heterocycles. The van der Waals surface area contributed by atoms with Crippen molar-refractivity contribution in [3.05, 3.63) is 52.1 Å². The minimum atomic E-state index is -0.116. The SMILES string of the molecule is Cc1cc(=O)c(-c2nnc3cc(C#N)ccn23)c[nH]1. The van der Waals surface area contributed by atoms with Crippen molar-refractivity contribution in [3.8, 4) is 17.5 Å². The summed E-state index contributed by atoms with van der Waals surface area (Å²) in [5, 5.41) is 16.8. The molecule has 6 heteroatoms. The summed E-state index contributed by atoms with van der Waals surface area (Å²) in [4.78, 5) is 14.9. The fourth-order valence-corrected chi connectivity index (χ4v) is 1.89. The van der Waals surface area contributed by atoms with Crippen LogP contribution in [0.5, 0.6) is 0 Å². The molecule has 0 aliphatic rings. The Labute approximate surface area is 108 Å². The van der Waals surface area contributed by atoms with Crippen molar-refractivity contribution in [3.63, 3.8) is 0 Å².